The quantitative estimate of drug-likeness (QED) is 0.760. The molecule has 1 amide bonds. The van der Waals surface area contributed by atoms with E-state index >= 15 is 0 Å². The Morgan fingerprint density at radius 1 is 1.43 bits per heavy atom. The number of ether oxygens (including phenoxy) is 1. The Balaban J connectivity index is 1.90. The van der Waals surface area contributed by atoms with Crippen molar-refractivity contribution in [3.05, 3.63) is 22.6 Å². The summed E-state index contributed by atoms with van der Waals surface area (Å²) in [4.78, 5) is 25.5. The van der Waals surface area contributed by atoms with E-state index in [0.717, 1.165) is 5.52 Å². The molecule has 2 atom stereocenters. The zero-order valence-corrected chi connectivity index (χ0v) is 14.7. The van der Waals surface area contributed by atoms with Gasteiger partial charge in [0.2, 0.25) is 0 Å². The van der Waals surface area contributed by atoms with Crippen molar-refractivity contribution in [2.75, 3.05) is 6.54 Å². The van der Waals surface area contributed by atoms with Crippen molar-refractivity contribution >= 4 is 33.2 Å². The van der Waals surface area contributed by atoms with Crippen LogP contribution in [-0.4, -0.2) is 44.3 Å². The molecule has 0 saturated carbocycles. The Kier molecular flexibility index (Phi) is 4.03. The second-order valence-corrected chi connectivity index (χ2v) is 7.42. The van der Waals surface area contributed by atoms with Crippen LogP contribution < -0.4 is 0 Å². The summed E-state index contributed by atoms with van der Waals surface area (Å²) in [5.41, 5.74) is 0.645. The number of fused-ring (bicyclic) bond motifs is 1. The van der Waals surface area contributed by atoms with Crippen LogP contribution in [0.5, 0.6) is 0 Å². The van der Waals surface area contributed by atoms with E-state index in [4.69, 9.17) is 4.74 Å². The molecule has 8 heteroatoms. The number of hydrogen-bond acceptors (Lipinski definition) is 4. The molecule has 0 spiro atoms. The number of nitrogens with one attached hydrogen (secondary N) is 1. The second-order valence-electron chi connectivity index (χ2n) is 6.61. The van der Waals surface area contributed by atoms with Gasteiger partial charge >= 0.3 is 6.09 Å². The molecule has 1 aliphatic rings. The van der Waals surface area contributed by atoms with E-state index in [-0.39, 0.29) is 13.0 Å². The van der Waals surface area contributed by atoms with Gasteiger partial charge < -0.3 is 9.72 Å². The molecule has 0 aromatic carbocycles. The number of hydrogen-bond donors (Lipinski definition) is 1. The molecule has 0 bridgehead atoms. The number of H-pyrrole nitrogens is 1. The Morgan fingerprint density at radius 2 is 2.17 bits per heavy atom. The normalized spacial score (nSPS) is 21.9. The summed E-state index contributed by atoms with van der Waals surface area (Å²) < 4.78 is 19.9. The van der Waals surface area contributed by atoms with E-state index in [9.17, 15) is 9.18 Å². The number of halogens is 2. The molecule has 1 saturated heterocycles. The van der Waals surface area contributed by atoms with E-state index in [2.05, 4.69) is 30.9 Å². The SMILES string of the molecule is CC(C)(C)OC(=O)N1C[C@H](F)C[C@H]1c1nc2nc(Br)ccc2[nH]1. The number of rotatable bonds is 1. The maximum absolute atomic E-state index is 13.9. The maximum Gasteiger partial charge on any atom is 0.411 e. The summed E-state index contributed by atoms with van der Waals surface area (Å²) >= 11 is 3.29. The first-order valence-corrected chi connectivity index (χ1v) is 8.18. The molecule has 1 N–H and O–H groups in total. The van der Waals surface area contributed by atoms with Crippen LogP contribution in [0.15, 0.2) is 16.7 Å². The molecule has 3 rings (SSSR count). The minimum atomic E-state index is -1.10. The molecule has 3 heterocycles. The Bertz CT molecular complexity index is 743. The highest BCUT2D eigenvalue weighted by atomic mass is 79.9. The molecular formula is C15H18BrFN4O2. The molecule has 1 aliphatic heterocycles. The van der Waals surface area contributed by atoms with Crippen LogP contribution in [0.3, 0.4) is 0 Å². The van der Waals surface area contributed by atoms with Crippen LogP contribution in [0.25, 0.3) is 11.2 Å². The van der Waals surface area contributed by atoms with E-state index in [1.165, 1.54) is 4.90 Å². The van der Waals surface area contributed by atoms with Crippen LogP contribution >= 0.6 is 15.9 Å². The van der Waals surface area contributed by atoms with Gasteiger partial charge in [-0.15, -0.1) is 0 Å². The number of carbonyl (C=O) groups excluding carboxylic acids is 1. The fraction of sp³-hybridized carbons (Fsp3) is 0.533. The summed E-state index contributed by atoms with van der Waals surface area (Å²) in [5.74, 6) is 0.525. The highest BCUT2D eigenvalue weighted by Gasteiger charge is 2.40. The third kappa shape index (κ3) is 3.46. The predicted molar refractivity (Wildman–Crippen MR) is 86.8 cm³/mol. The third-order valence-corrected chi connectivity index (χ3v) is 3.97. The van der Waals surface area contributed by atoms with Crippen LogP contribution in [0.1, 0.15) is 39.1 Å². The van der Waals surface area contributed by atoms with Crippen molar-refractivity contribution in [3.63, 3.8) is 0 Å². The van der Waals surface area contributed by atoms with Crippen molar-refractivity contribution in [1.29, 1.82) is 0 Å². The fourth-order valence-corrected chi connectivity index (χ4v) is 2.91. The van der Waals surface area contributed by atoms with Gasteiger partial charge in [-0.25, -0.2) is 19.2 Å². The van der Waals surface area contributed by atoms with Gasteiger partial charge in [0.1, 0.15) is 22.2 Å². The summed E-state index contributed by atoms with van der Waals surface area (Å²) in [6.45, 7) is 5.36. The number of likely N-dealkylation sites (tertiary alicyclic amines) is 1. The molecule has 124 valence electrons. The van der Waals surface area contributed by atoms with E-state index in [0.29, 0.717) is 16.1 Å². The Hall–Kier alpha value is -1.70. The maximum atomic E-state index is 13.9. The van der Waals surface area contributed by atoms with Crippen LogP contribution in [-0.2, 0) is 4.74 Å². The number of alkyl halides is 1. The zero-order chi connectivity index (χ0) is 16.8. The summed E-state index contributed by atoms with van der Waals surface area (Å²) in [5, 5.41) is 0. The minimum absolute atomic E-state index is 0.00769. The van der Waals surface area contributed by atoms with Gasteiger partial charge in [-0.3, -0.25) is 4.90 Å². The molecule has 2 aromatic rings. The number of aromatic amines is 1. The van der Waals surface area contributed by atoms with Gasteiger partial charge in [-0.2, -0.15) is 0 Å². The first-order valence-electron chi connectivity index (χ1n) is 7.39. The summed E-state index contributed by atoms with van der Waals surface area (Å²) in [6.07, 6.45) is -1.43. The number of aromatic nitrogens is 3. The van der Waals surface area contributed by atoms with Gasteiger partial charge in [0.25, 0.3) is 0 Å². The summed E-state index contributed by atoms with van der Waals surface area (Å²) in [7, 11) is 0. The highest BCUT2D eigenvalue weighted by Crippen LogP contribution is 2.34. The third-order valence-electron chi connectivity index (χ3n) is 3.52. The smallest absolute Gasteiger partial charge is 0.411 e. The number of amides is 1. The van der Waals surface area contributed by atoms with Crippen molar-refractivity contribution in [1.82, 2.24) is 19.9 Å². The van der Waals surface area contributed by atoms with Crippen molar-refractivity contribution < 1.29 is 13.9 Å². The van der Waals surface area contributed by atoms with Gasteiger partial charge in [-0.1, -0.05) is 0 Å². The Morgan fingerprint density at radius 3 is 2.87 bits per heavy atom. The molecule has 0 aliphatic carbocycles. The number of imidazole rings is 1. The van der Waals surface area contributed by atoms with E-state index < -0.39 is 23.9 Å². The number of pyridine rings is 1. The average Bonchev–Trinajstić information content (AvgIpc) is 2.99. The van der Waals surface area contributed by atoms with Crippen molar-refractivity contribution in [2.45, 2.75) is 45.0 Å². The second kappa shape index (κ2) is 5.74. The fourth-order valence-electron chi connectivity index (χ4n) is 2.61. The average molecular weight is 385 g/mol. The minimum Gasteiger partial charge on any atom is -0.444 e. The lowest BCUT2D eigenvalue weighted by Gasteiger charge is -2.27. The van der Waals surface area contributed by atoms with Crippen molar-refractivity contribution in [3.8, 4) is 0 Å². The first-order chi connectivity index (χ1) is 10.7. The number of nitrogens with zero attached hydrogens (tertiary/aromatic N) is 3. The molecule has 6 nitrogen and oxygen atoms in total. The van der Waals surface area contributed by atoms with Gasteiger partial charge in [0.05, 0.1) is 18.1 Å². The molecule has 23 heavy (non-hydrogen) atoms. The van der Waals surface area contributed by atoms with Gasteiger partial charge in [0, 0.05) is 6.42 Å². The van der Waals surface area contributed by atoms with Crippen molar-refractivity contribution in [2.24, 2.45) is 0 Å². The Labute approximate surface area is 141 Å². The monoisotopic (exact) mass is 384 g/mol. The van der Waals surface area contributed by atoms with Crippen LogP contribution in [0.4, 0.5) is 9.18 Å². The molecule has 2 aromatic heterocycles. The molecular weight excluding hydrogens is 367 g/mol. The lowest BCUT2D eigenvalue weighted by atomic mass is 10.2. The van der Waals surface area contributed by atoms with Gasteiger partial charge in [-0.05, 0) is 48.8 Å². The highest BCUT2D eigenvalue weighted by molar-refractivity contribution is 9.10. The van der Waals surface area contributed by atoms with E-state index in [1.54, 1.807) is 26.8 Å². The zero-order valence-electron chi connectivity index (χ0n) is 13.1. The molecule has 1 fully saturated rings. The van der Waals surface area contributed by atoms with Gasteiger partial charge in [0.15, 0.2) is 5.65 Å². The lowest BCUT2D eigenvalue weighted by Crippen LogP contribution is -2.37. The lowest BCUT2D eigenvalue weighted by molar-refractivity contribution is 0.0211. The number of carbonyl (C=O) groups is 1. The van der Waals surface area contributed by atoms with E-state index in [1.807, 2.05) is 6.07 Å². The first kappa shape index (κ1) is 16.2. The topological polar surface area (TPSA) is 71.1 Å². The predicted octanol–water partition coefficient (Wildman–Crippen LogP) is 3.74. The molecule has 0 radical (unpaired) electrons. The molecule has 0 unspecified atom stereocenters. The largest absolute Gasteiger partial charge is 0.444 e. The standard InChI is InChI=1S/C15H18BrFN4O2/c1-15(2,3)23-14(22)21-7-8(17)6-10(21)13-18-9-4-5-11(16)19-12(9)20-13/h4-5,8,10H,6-7H2,1-3H3,(H,18,19,20)/t8-,10+/m1/s1. The van der Waals surface area contributed by atoms with Crippen LogP contribution in [0, 0.1) is 0 Å². The van der Waals surface area contributed by atoms with Crippen LogP contribution in [0.2, 0.25) is 0 Å². The summed E-state index contributed by atoms with van der Waals surface area (Å²) in [6, 6.07) is 3.15.